The molecule has 1 aliphatic rings. The molecule has 0 spiro atoms. The van der Waals surface area contributed by atoms with E-state index in [4.69, 9.17) is 0 Å². The van der Waals surface area contributed by atoms with E-state index in [0.717, 1.165) is 16.5 Å². The zero-order valence-electron chi connectivity index (χ0n) is 12.6. The molecule has 1 aromatic carbocycles. The highest BCUT2D eigenvalue weighted by molar-refractivity contribution is 5.78. The number of benzene rings is 1. The third-order valence-corrected chi connectivity index (χ3v) is 5.35. The number of aromatic amines is 1. The van der Waals surface area contributed by atoms with Crippen molar-refractivity contribution in [3.05, 3.63) is 46.2 Å². The number of fused-ring (bicyclic) bond motifs is 1. The van der Waals surface area contributed by atoms with Crippen LogP contribution < -0.4 is 10.9 Å². The largest absolute Gasteiger partial charge is 0.322 e. The summed E-state index contributed by atoms with van der Waals surface area (Å²) < 4.78 is 0. The summed E-state index contributed by atoms with van der Waals surface area (Å²) in [5, 5.41) is 4.62. The molecule has 0 unspecified atom stereocenters. The van der Waals surface area contributed by atoms with Gasteiger partial charge >= 0.3 is 0 Å². The van der Waals surface area contributed by atoms with Gasteiger partial charge in [-0.1, -0.05) is 45.9 Å². The third kappa shape index (κ3) is 1.88. The molecule has 1 saturated carbocycles. The van der Waals surface area contributed by atoms with Gasteiger partial charge in [-0.05, 0) is 28.3 Å². The summed E-state index contributed by atoms with van der Waals surface area (Å²) in [7, 11) is 0. The molecule has 0 aliphatic heterocycles. The molecule has 1 aromatic heterocycles. The fraction of sp³-hybridized carbons (Fsp3) is 0.471. The Balaban J connectivity index is 1.82. The molecule has 2 N–H and O–H groups in total. The summed E-state index contributed by atoms with van der Waals surface area (Å²) in [5.41, 5.74) is 2.29. The lowest BCUT2D eigenvalue weighted by Gasteiger charge is -2.07. The van der Waals surface area contributed by atoms with Gasteiger partial charge in [0.15, 0.2) is 0 Å². The van der Waals surface area contributed by atoms with E-state index in [9.17, 15) is 4.79 Å². The molecule has 2 aromatic rings. The highest BCUT2D eigenvalue weighted by Gasteiger charge is 2.64. The maximum absolute atomic E-state index is 12.1. The smallest absolute Gasteiger partial charge is 0.252 e. The normalized spacial score (nSPS) is 20.2. The molecule has 106 valence electrons. The molecule has 3 heteroatoms. The molecule has 1 heterocycles. The Labute approximate surface area is 119 Å². The number of rotatable bonds is 3. The van der Waals surface area contributed by atoms with Gasteiger partial charge in [0, 0.05) is 23.7 Å². The van der Waals surface area contributed by atoms with Crippen LogP contribution in [0, 0.1) is 10.8 Å². The second-order valence-electron chi connectivity index (χ2n) is 6.97. The zero-order chi connectivity index (χ0) is 14.5. The molecule has 1 aliphatic carbocycles. The van der Waals surface area contributed by atoms with Gasteiger partial charge in [0.25, 0.3) is 5.56 Å². The second-order valence-corrected chi connectivity index (χ2v) is 6.97. The van der Waals surface area contributed by atoms with Gasteiger partial charge in [0.05, 0.1) is 0 Å². The van der Waals surface area contributed by atoms with Gasteiger partial charge in [-0.3, -0.25) is 4.79 Å². The Morgan fingerprint density at radius 3 is 2.45 bits per heavy atom. The van der Waals surface area contributed by atoms with E-state index in [-0.39, 0.29) is 16.4 Å². The van der Waals surface area contributed by atoms with E-state index < -0.39 is 0 Å². The fourth-order valence-electron chi connectivity index (χ4n) is 3.24. The molecule has 0 bridgehead atoms. The Bertz CT molecular complexity index is 698. The predicted molar refractivity (Wildman–Crippen MR) is 82.8 cm³/mol. The molecular formula is C17H22N2O. The van der Waals surface area contributed by atoms with E-state index in [2.05, 4.69) is 38.0 Å². The van der Waals surface area contributed by atoms with Gasteiger partial charge in [-0.25, -0.2) is 0 Å². The van der Waals surface area contributed by atoms with E-state index >= 15 is 0 Å². The molecule has 0 saturated heterocycles. The van der Waals surface area contributed by atoms with Crippen molar-refractivity contribution in [2.24, 2.45) is 10.8 Å². The summed E-state index contributed by atoms with van der Waals surface area (Å²) in [6.45, 7) is 9.72. The number of hydrogen-bond acceptors (Lipinski definition) is 2. The van der Waals surface area contributed by atoms with Crippen LogP contribution >= 0.6 is 0 Å². The van der Waals surface area contributed by atoms with Gasteiger partial charge < -0.3 is 10.3 Å². The van der Waals surface area contributed by atoms with Crippen LogP contribution in [0.2, 0.25) is 0 Å². The van der Waals surface area contributed by atoms with E-state index in [1.54, 1.807) is 0 Å². The second kappa shape index (κ2) is 4.19. The Morgan fingerprint density at radius 2 is 1.80 bits per heavy atom. The summed E-state index contributed by atoms with van der Waals surface area (Å²) in [4.78, 5) is 15.0. The van der Waals surface area contributed by atoms with Crippen LogP contribution in [0.4, 0.5) is 0 Å². The zero-order valence-corrected chi connectivity index (χ0v) is 12.6. The van der Waals surface area contributed by atoms with Crippen LogP contribution in [-0.4, -0.2) is 11.0 Å². The molecular weight excluding hydrogens is 248 g/mol. The summed E-state index contributed by atoms with van der Waals surface area (Å²) in [6.07, 6.45) is 0. The molecule has 0 amide bonds. The lowest BCUT2D eigenvalue weighted by Crippen LogP contribution is -2.26. The number of hydrogen-bond donors (Lipinski definition) is 2. The van der Waals surface area contributed by atoms with Crippen LogP contribution in [0.3, 0.4) is 0 Å². The Morgan fingerprint density at radius 1 is 1.15 bits per heavy atom. The molecule has 0 atom stereocenters. The minimum absolute atomic E-state index is 0.00691. The lowest BCUT2D eigenvalue weighted by molar-refractivity contribution is 0.457. The first-order valence-corrected chi connectivity index (χ1v) is 7.18. The van der Waals surface area contributed by atoms with Crippen molar-refractivity contribution in [3.63, 3.8) is 0 Å². The van der Waals surface area contributed by atoms with Crippen molar-refractivity contribution < 1.29 is 0 Å². The third-order valence-electron chi connectivity index (χ3n) is 5.35. The van der Waals surface area contributed by atoms with Crippen LogP contribution in [0.25, 0.3) is 10.9 Å². The number of H-pyrrole nitrogens is 1. The van der Waals surface area contributed by atoms with Crippen molar-refractivity contribution in [1.82, 2.24) is 10.3 Å². The summed E-state index contributed by atoms with van der Waals surface area (Å²) >= 11 is 0. The van der Waals surface area contributed by atoms with Crippen molar-refractivity contribution in [2.45, 2.75) is 40.3 Å². The van der Waals surface area contributed by atoms with Crippen molar-refractivity contribution in [1.29, 1.82) is 0 Å². The first-order valence-electron chi connectivity index (χ1n) is 7.18. The number of para-hydroxylation sites is 1. The van der Waals surface area contributed by atoms with Crippen LogP contribution in [-0.2, 0) is 6.54 Å². The predicted octanol–water partition coefficient (Wildman–Crippen LogP) is 3.05. The molecule has 20 heavy (non-hydrogen) atoms. The standard InChI is InChI=1S/C17H22N2O/c1-16(2)15(17(16,3)4)18-10-12-9-11-7-5-6-8-13(11)19-14(12)20/h5-9,15,18H,10H2,1-4H3,(H,19,20). The summed E-state index contributed by atoms with van der Waals surface area (Å²) in [6, 6.07) is 10.3. The first-order chi connectivity index (χ1) is 9.34. The van der Waals surface area contributed by atoms with E-state index in [1.165, 1.54) is 0 Å². The molecule has 0 radical (unpaired) electrons. The topological polar surface area (TPSA) is 44.9 Å². The molecule has 3 rings (SSSR count). The average molecular weight is 270 g/mol. The van der Waals surface area contributed by atoms with Gasteiger partial charge in [0.1, 0.15) is 0 Å². The number of nitrogens with one attached hydrogen (secondary N) is 2. The van der Waals surface area contributed by atoms with Crippen LogP contribution in [0.15, 0.2) is 35.1 Å². The highest BCUT2D eigenvalue weighted by atomic mass is 16.1. The molecule has 1 fully saturated rings. The fourth-order valence-corrected chi connectivity index (χ4v) is 3.24. The molecule has 3 nitrogen and oxygen atoms in total. The van der Waals surface area contributed by atoms with Crippen LogP contribution in [0.1, 0.15) is 33.3 Å². The minimum atomic E-state index is 0.00691. The monoisotopic (exact) mass is 270 g/mol. The van der Waals surface area contributed by atoms with Crippen molar-refractivity contribution in [3.8, 4) is 0 Å². The number of aromatic nitrogens is 1. The quantitative estimate of drug-likeness (QED) is 0.900. The van der Waals surface area contributed by atoms with E-state index in [0.29, 0.717) is 12.6 Å². The Kier molecular flexibility index (Phi) is 2.80. The SMILES string of the molecule is CC1(C)C(NCc2cc3ccccc3[nH]c2=O)C1(C)C. The Hall–Kier alpha value is -1.61. The van der Waals surface area contributed by atoms with Gasteiger partial charge in [0.2, 0.25) is 0 Å². The number of pyridine rings is 1. The maximum atomic E-state index is 12.1. The first kappa shape index (κ1) is 13.4. The van der Waals surface area contributed by atoms with Crippen molar-refractivity contribution in [2.75, 3.05) is 0 Å². The minimum Gasteiger partial charge on any atom is -0.322 e. The highest BCUT2D eigenvalue weighted by Crippen LogP contribution is 2.62. The summed E-state index contributed by atoms with van der Waals surface area (Å²) in [5.74, 6) is 0. The van der Waals surface area contributed by atoms with Crippen molar-refractivity contribution >= 4 is 10.9 Å². The average Bonchev–Trinajstić information content (AvgIpc) is 2.77. The maximum Gasteiger partial charge on any atom is 0.252 e. The van der Waals surface area contributed by atoms with Gasteiger partial charge in [-0.2, -0.15) is 0 Å². The van der Waals surface area contributed by atoms with Gasteiger partial charge in [-0.15, -0.1) is 0 Å². The van der Waals surface area contributed by atoms with Crippen LogP contribution in [0.5, 0.6) is 0 Å². The lowest BCUT2D eigenvalue weighted by atomic mass is 10.0. The van der Waals surface area contributed by atoms with E-state index in [1.807, 2.05) is 30.3 Å².